The maximum absolute atomic E-state index is 12.3. The molecule has 2 atom stereocenters. The molecule has 0 aliphatic heterocycles. The van der Waals surface area contributed by atoms with Gasteiger partial charge in [0.05, 0.1) is 20.3 Å². The third-order valence-electron chi connectivity index (χ3n) is 4.77. The van der Waals surface area contributed by atoms with Gasteiger partial charge in [0.25, 0.3) is 8.53 Å². The van der Waals surface area contributed by atoms with E-state index in [0.29, 0.717) is 6.61 Å². The van der Waals surface area contributed by atoms with E-state index in [1.54, 1.807) is 0 Å². The van der Waals surface area contributed by atoms with Crippen LogP contribution in [0.5, 0.6) is 0 Å². The second-order valence-corrected chi connectivity index (χ2v) is 9.60. The number of amides is 1. The third kappa shape index (κ3) is 9.39. The quantitative estimate of drug-likeness (QED) is 0.311. The molecule has 34 heavy (non-hydrogen) atoms. The number of nitrogens with one attached hydrogen (secondary N) is 1. The molecular weight excluding hydrogens is 455 g/mol. The summed E-state index contributed by atoms with van der Waals surface area (Å²) in [5, 5.41) is 2.54. The number of alkyl carbamates (subject to hydrolysis) is 1. The summed E-state index contributed by atoms with van der Waals surface area (Å²) in [5.41, 5.74) is 1.85. The largest absolute Gasteiger partial charge is 0.467 e. The number of ether oxygens (including phenoxy) is 2. The summed E-state index contributed by atoms with van der Waals surface area (Å²) in [6, 6.07) is 18.3. The zero-order valence-corrected chi connectivity index (χ0v) is 21.4. The molecule has 9 heteroatoms. The van der Waals surface area contributed by atoms with Gasteiger partial charge in [-0.15, -0.1) is 0 Å². The van der Waals surface area contributed by atoms with Gasteiger partial charge in [0.15, 0.2) is 6.04 Å². The highest BCUT2D eigenvalue weighted by atomic mass is 31.2. The van der Waals surface area contributed by atoms with Crippen LogP contribution in [0.4, 0.5) is 4.79 Å². The zero-order chi connectivity index (χ0) is 24.9. The Labute approximate surface area is 203 Å². The fourth-order valence-electron chi connectivity index (χ4n) is 3.20. The van der Waals surface area contributed by atoms with E-state index in [9.17, 15) is 9.59 Å². The Balaban J connectivity index is 2.03. The first-order valence-electron chi connectivity index (χ1n) is 11.2. The molecule has 2 aromatic carbocycles. The minimum Gasteiger partial charge on any atom is -0.467 e. The molecule has 1 N–H and O–H groups in total. The molecule has 0 aliphatic carbocycles. The van der Waals surface area contributed by atoms with Crippen molar-refractivity contribution in [1.29, 1.82) is 0 Å². The van der Waals surface area contributed by atoms with Crippen LogP contribution >= 0.6 is 8.53 Å². The fourth-order valence-corrected chi connectivity index (χ4v) is 4.84. The van der Waals surface area contributed by atoms with Gasteiger partial charge in [-0.05, 0) is 38.8 Å². The first kappa shape index (κ1) is 27.7. The minimum absolute atomic E-state index is 0.0861. The number of carbonyl (C=O) groups is 2. The molecule has 0 aromatic heterocycles. The van der Waals surface area contributed by atoms with Crippen molar-refractivity contribution in [3.63, 3.8) is 0 Å². The highest BCUT2D eigenvalue weighted by Crippen LogP contribution is 2.46. The number of rotatable bonds is 13. The van der Waals surface area contributed by atoms with Crippen molar-refractivity contribution < 1.29 is 28.1 Å². The molecule has 0 bridgehead atoms. The Morgan fingerprint density at radius 2 is 1.38 bits per heavy atom. The molecule has 2 aromatic rings. The van der Waals surface area contributed by atoms with Crippen LogP contribution in [0.25, 0.3) is 0 Å². The van der Waals surface area contributed by atoms with E-state index in [4.69, 9.17) is 18.5 Å². The average Bonchev–Trinajstić information content (AvgIpc) is 2.83. The summed E-state index contributed by atoms with van der Waals surface area (Å²) in [4.78, 5) is 24.7. The monoisotopic (exact) mass is 490 g/mol. The van der Waals surface area contributed by atoms with Crippen molar-refractivity contribution in [2.75, 3.05) is 13.7 Å². The van der Waals surface area contributed by atoms with Crippen molar-refractivity contribution in [1.82, 2.24) is 9.99 Å². The second-order valence-electron chi connectivity index (χ2n) is 8.14. The predicted octanol–water partition coefficient (Wildman–Crippen LogP) is 5.03. The van der Waals surface area contributed by atoms with Gasteiger partial charge in [-0.1, -0.05) is 60.7 Å². The summed E-state index contributed by atoms with van der Waals surface area (Å²) in [6.07, 6.45) is -0.734. The molecular formula is C25H35N2O6P. The maximum Gasteiger partial charge on any atom is 0.408 e. The molecule has 2 rings (SSSR count). The van der Waals surface area contributed by atoms with Crippen LogP contribution in [0.3, 0.4) is 0 Å². The Bertz CT molecular complexity index is 858. The van der Waals surface area contributed by atoms with Crippen molar-refractivity contribution in [2.24, 2.45) is 0 Å². The number of hydrogen-bond donors (Lipinski definition) is 1. The molecule has 0 aliphatic rings. The average molecular weight is 491 g/mol. The first-order chi connectivity index (χ1) is 16.3. The van der Waals surface area contributed by atoms with E-state index in [2.05, 4.69) is 37.7 Å². The minimum atomic E-state index is -1.52. The lowest BCUT2D eigenvalue weighted by molar-refractivity contribution is -0.143. The van der Waals surface area contributed by atoms with Crippen LogP contribution in [0.1, 0.15) is 38.8 Å². The highest BCUT2D eigenvalue weighted by Gasteiger charge is 2.31. The molecule has 186 valence electrons. The molecule has 0 radical (unpaired) electrons. The normalized spacial score (nSPS) is 13.1. The number of methoxy groups -OCH3 is 1. The van der Waals surface area contributed by atoms with Gasteiger partial charge in [0, 0.05) is 12.1 Å². The van der Waals surface area contributed by atoms with E-state index in [-0.39, 0.29) is 25.3 Å². The first-order valence-corrected chi connectivity index (χ1v) is 12.4. The number of carbonyl (C=O) groups excluding carboxylic acids is 2. The standard InChI is InChI=1S/C25H35N2O6P/c1-19(2)27(20(3)4)34(32-17-22-14-10-7-11-15-22)33-18-23(24(28)30-5)26-25(29)31-16-21-12-8-6-9-13-21/h6-15,19-20,23H,16-18H2,1-5H3,(H,26,29)/t23-,34?/m0/s1. The van der Waals surface area contributed by atoms with E-state index < -0.39 is 26.6 Å². The SMILES string of the molecule is COC(=O)[C@H](COP(OCc1ccccc1)N(C(C)C)C(C)C)NC(=O)OCc1ccccc1. The summed E-state index contributed by atoms with van der Waals surface area (Å²) >= 11 is 0. The molecule has 0 saturated carbocycles. The van der Waals surface area contributed by atoms with E-state index >= 15 is 0 Å². The van der Waals surface area contributed by atoms with E-state index in [0.717, 1.165) is 11.1 Å². The van der Waals surface area contributed by atoms with Gasteiger partial charge >= 0.3 is 12.1 Å². The number of benzene rings is 2. The van der Waals surface area contributed by atoms with E-state index in [1.165, 1.54) is 7.11 Å². The lowest BCUT2D eigenvalue weighted by atomic mass is 10.2. The van der Waals surface area contributed by atoms with Gasteiger partial charge in [0.2, 0.25) is 0 Å². The molecule has 0 spiro atoms. The Morgan fingerprint density at radius 3 is 1.88 bits per heavy atom. The Morgan fingerprint density at radius 1 is 0.853 bits per heavy atom. The van der Waals surface area contributed by atoms with Gasteiger partial charge in [-0.25, -0.2) is 14.3 Å². The third-order valence-corrected chi connectivity index (χ3v) is 6.79. The molecule has 1 amide bonds. The smallest absolute Gasteiger partial charge is 0.408 e. The summed E-state index contributed by atoms with van der Waals surface area (Å²) < 4.78 is 24.5. The number of hydrogen-bond acceptors (Lipinski definition) is 7. The van der Waals surface area contributed by atoms with Crippen LogP contribution in [-0.4, -0.2) is 48.6 Å². The van der Waals surface area contributed by atoms with Crippen molar-refractivity contribution >= 4 is 20.6 Å². The summed E-state index contributed by atoms with van der Waals surface area (Å²) in [7, 11) is -0.265. The maximum atomic E-state index is 12.3. The molecule has 1 unspecified atom stereocenters. The number of nitrogens with zero attached hydrogens (tertiary/aromatic N) is 1. The van der Waals surface area contributed by atoms with Crippen LogP contribution in [-0.2, 0) is 36.5 Å². The van der Waals surface area contributed by atoms with Crippen LogP contribution in [0.2, 0.25) is 0 Å². The molecule has 8 nitrogen and oxygen atoms in total. The van der Waals surface area contributed by atoms with Crippen molar-refractivity contribution in [2.45, 2.75) is 59.0 Å². The highest BCUT2D eigenvalue weighted by molar-refractivity contribution is 7.44. The van der Waals surface area contributed by atoms with Gasteiger partial charge in [-0.2, -0.15) is 0 Å². The van der Waals surface area contributed by atoms with Gasteiger partial charge in [0.1, 0.15) is 6.61 Å². The van der Waals surface area contributed by atoms with Gasteiger partial charge < -0.3 is 23.8 Å². The summed E-state index contributed by atoms with van der Waals surface area (Å²) in [6.45, 7) is 8.55. The molecule has 0 fully saturated rings. The second kappa shape index (κ2) is 14.7. The van der Waals surface area contributed by atoms with Crippen molar-refractivity contribution in [3.05, 3.63) is 71.8 Å². The molecule has 0 saturated heterocycles. The lowest BCUT2D eigenvalue weighted by Gasteiger charge is -2.36. The fraction of sp³-hybridized carbons (Fsp3) is 0.440. The molecule has 0 heterocycles. The number of esters is 1. The Kier molecular flexibility index (Phi) is 12.0. The van der Waals surface area contributed by atoms with E-state index in [1.807, 2.05) is 60.7 Å². The zero-order valence-electron chi connectivity index (χ0n) is 20.5. The Hall–Kier alpha value is -2.51. The topological polar surface area (TPSA) is 86.3 Å². The predicted molar refractivity (Wildman–Crippen MR) is 132 cm³/mol. The summed E-state index contributed by atoms with van der Waals surface area (Å²) in [5.74, 6) is -0.629. The van der Waals surface area contributed by atoms with Crippen LogP contribution < -0.4 is 5.32 Å². The van der Waals surface area contributed by atoms with Crippen LogP contribution in [0, 0.1) is 0 Å². The lowest BCUT2D eigenvalue weighted by Crippen LogP contribution is -2.45. The van der Waals surface area contributed by atoms with Gasteiger partial charge in [-0.3, -0.25) is 0 Å². The van der Waals surface area contributed by atoms with Crippen molar-refractivity contribution in [3.8, 4) is 0 Å². The van der Waals surface area contributed by atoms with Crippen LogP contribution in [0.15, 0.2) is 60.7 Å².